The third-order valence-corrected chi connectivity index (χ3v) is 5.80. The molecule has 1 aromatic heterocycles. The summed E-state index contributed by atoms with van der Waals surface area (Å²) in [6.07, 6.45) is 2.14. The van der Waals surface area contributed by atoms with Crippen molar-refractivity contribution in [2.75, 3.05) is 6.54 Å². The molecule has 0 spiro atoms. The van der Waals surface area contributed by atoms with E-state index in [0.29, 0.717) is 17.6 Å². The molecule has 2 N–H and O–H groups in total. The van der Waals surface area contributed by atoms with Crippen LogP contribution in [0.5, 0.6) is 0 Å². The van der Waals surface area contributed by atoms with E-state index in [1.54, 1.807) is 0 Å². The van der Waals surface area contributed by atoms with Gasteiger partial charge in [0.15, 0.2) is 0 Å². The predicted molar refractivity (Wildman–Crippen MR) is 113 cm³/mol. The molecule has 28 heavy (non-hydrogen) atoms. The van der Waals surface area contributed by atoms with Crippen LogP contribution in [0.25, 0.3) is 10.9 Å². The zero-order chi connectivity index (χ0) is 19.9. The minimum Gasteiger partial charge on any atom is -0.351 e. The molecule has 144 valence electrons. The summed E-state index contributed by atoms with van der Waals surface area (Å²) >= 11 is 0. The fourth-order valence-electron chi connectivity index (χ4n) is 3.78. The Bertz CT molecular complexity index is 1080. The van der Waals surface area contributed by atoms with Crippen LogP contribution < -0.4 is 10.9 Å². The molecule has 2 aromatic carbocycles. The number of benzene rings is 2. The summed E-state index contributed by atoms with van der Waals surface area (Å²) in [6.45, 7) is 7.21. The number of para-hydroxylation sites is 1. The fourth-order valence-corrected chi connectivity index (χ4v) is 3.78. The van der Waals surface area contributed by atoms with Gasteiger partial charge in [-0.15, -0.1) is 0 Å². The van der Waals surface area contributed by atoms with Crippen LogP contribution in [0, 0.1) is 0 Å². The van der Waals surface area contributed by atoms with Crippen molar-refractivity contribution < 1.29 is 4.79 Å². The minimum absolute atomic E-state index is 0.0169. The highest BCUT2D eigenvalue weighted by atomic mass is 16.2. The number of fused-ring (bicyclic) bond motifs is 1. The van der Waals surface area contributed by atoms with E-state index in [-0.39, 0.29) is 22.3 Å². The number of carbonyl (C=O) groups excluding carboxylic acids is 1. The lowest BCUT2D eigenvalue weighted by Gasteiger charge is -2.22. The lowest BCUT2D eigenvalue weighted by atomic mass is 9.85. The summed E-state index contributed by atoms with van der Waals surface area (Å²) in [5.74, 6) is -0.195. The van der Waals surface area contributed by atoms with Crippen LogP contribution in [0.4, 0.5) is 0 Å². The number of aromatic nitrogens is 1. The highest BCUT2D eigenvalue weighted by molar-refractivity contribution is 6.05. The monoisotopic (exact) mass is 374 g/mol. The quantitative estimate of drug-likeness (QED) is 0.716. The van der Waals surface area contributed by atoms with Crippen molar-refractivity contribution in [3.05, 3.63) is 81.6 Å². The van der Waals surface area contributed by atoms with Gasteiger partial charge < -0.3 is 10.3 Å². The van der Waals surface area contributed by atoms with E-state index in [1.807, 2.05) is 24.3 Å². The van der Waals surface area contributed by atoms with Gasteiger partial charge in [-0.05, 0) is 35.4 Å². The molecule has 0 aliphatic heterocycles. The Balaban J connectivity index is 1.53. The molecule has 4 nitrogen and oxygen atoms in total. The molecule has 0 unspecified atom stereocenters. The van der Waals surface area contributed by atoms with E-state index in [4.69, 9.17) is 0 Å². The Morgan fingerprint density at radius 1 is 1.07 bits per heavy atom. The molecule has 3 aromatic rings. The van der Waals surface area contributed by atoms with Gasteiger partial charge in [0.2, 0.25) is 5.56 Å². The number of carbonyl (C=O) groups is 1. The molecule has 4 heteroatoms. The van der Waals surface area contributed by atoms with E-state index in [0.717, 1.165) is 18.2 Å². The number of H-pyrrole nitrogens is 1. The zero-order valence-corrected chi connectivity index (χ0v) is 16.6. The number of hydrogen-bond donors (Lipinski definition) is 2. The molecular weight excluding hydrogens is 348 g/mol. The topological polar surface area (TPSA) is 62.0 Å². The second kappa shape index (κ2) is 6.62. The maximum Gasteiger partial charge on any atom is 0.252 e. The predicted octanol–water partition coefficient (Wildman–Crippen LogP) is 4.29. The van der Waals surface area contributed by atoms with Crippen LogP contribution in [-0.4, -0.2) is 17.4 Å². The average molecular weight is 374 g/mol. The van der Waals surface area contributed by atoms with Crippen LogP contribution in [0.1, 0.15) is 55.1 Å². The van der Waals surface area contributed by atoms with Crippen LogP contribution >= 0.6 is 0 Å². The lowest BCUT2D eigenvalue weighted by Crippen LogP contribution is -2.33. The largest absolute Gasteiger partial charge is 0.351 e. The van der Waals surface area contributed by atoms with Gasteiger partial charge in [0.25, 0.3) is 5.91 Å². The smallest absolute Gasteiger partial charge is 0.252 e. The lowest BCUT2D eigenvalue weighted by molar-refractivity contribution is 0.0951. The summed E-state index contributed by atoms with van der Waals surface area (Å²) in [4.78, 5) is 27.5. The molecule has 4 rings (SSSR count). The number of amides is 1. The van der Waals surface area contributed by atoms with Crippen molar-refractivity contribution in [2.24, 2.45) is 0 Å². The molecular formula is C24H26N2O2. The highest BCUT2D eigenvalue weighted by Gasteiger charge is 2.44. The van der Waals surface area contributed by atoms with Crippen molar-refractivity contribution in [1.29, 1.82) is 0 Å². The number of aromatic amines is 1. The summed E-state index contributed by atoms with van der Waals surface area (Å²) < 4.78 is 0. The molecule has 1 amide bonds. The minimum atomic E-state index is -0.261. The standard InChI is InChI=1S/C24H26N2O2/c1-23(2,3)16-8-10-17(11-9-16)24(12-13-24)15-25-22(28)19-14-21(27)26-20-7-5-4-6-18(19)20/h4-11,14H,12-13,15H2,1-3H3,(H,25,28)(H,26,27). The normalized spacial score (nSPS) is 15.4. The number of hydrogen-bond acceptors (Lipinski definition) is 2. The van der Waals surface area contributed by atoms with Gasteiger partial charge in [-0.1, -0.05) is 63.2 Å². The van der Waals surface area contributed by atoms with Gasteiger partial charge in [-0.3, -0.25) is 9.59 Å². The third kappa shape index (κ3) is 3.47. The van der Waals surface area contributed by atoms with Crippen LogP contribution in [-0.2, 0) is 10.8 Å². The third-order valence-electron chi connectivity index (χ3n) is 5.80. The van der Waals surface area contributed by atoms with Crippen molar-refractivity contribution >= 4 is 16.8 Å². The van der Waals surface area contributed by atoms with Crippen molar-refractivity contribution in [1.82, 2.24) is 10.3 Å². The molecule has 1 fully saturated rings. The maximum absolute atomic E-state index is 12.8. The Morgan fingerprint density at radius 2 is 1.75 bits per heavy atom. The van der Waals surface area contributed by atoms with Crippen LogP contribution in [0.15, 0.2) is 59.4 Å². The summed E-state index contributed by atoms with van der Waals surface area (Å²) in [6, 6.07) is 17.6. The van der Waals surface area contributed by atoms with Crippen molar-refractivity contribution in [3.8, 4) is 0 Å². The molecule has 0 bridgehead atoms. The van der Waals surface area contributed by atoms with Gasteiger partial charge >= 0.3 is 0 Å². The molecule has 0 saturated heterocycles. The second-order valence-corrected chi connectivity index (χ2v) is 8.88. The van der Waals surface area contributed by atoms with Crippen molar-refractivity contribution in [2.45, 2.75) is 44.4 Å². The number of pyridine rings is 1. The van der Waals surface area contributed by atoms with Crippen molar-refractivity contribution in [3.63, 3.8) is 0 Å². The maximum atomic E-state index is 12.8. The van der Waals surface area contributed by atoms with Gasteiger partial charge in [0, 0.05) is 28.9 Å². The summed E-state index contributed by atoms with van der Waals surface area (Å²) in [5.41, 5.74) is 3.58. The fraction of sp³-hybridized carbons (Fsp3) is 0.333. The molecule has 0 atom stereocenters. The van der Waals surface area contributed by atoms with E-state index in [9.17, 15) is 9.59 Å². The van der Waals surface area contributed by atoms with Crippen LogP contribution in [0.3, 0.4) is 0 Å². The number of rotatable bonds is 4. The summed E-state index contributed by atoms with van der Waals surface area (Å²) in [5, 5.41) is 3.84. The molecule has 1 heterocycles. The molecule has 1 aliphatic rings. The van der Waals surface area contributed by atoms with Gasteiger partial charge in [-0.2, -0.15) is 0 Å². The highest BCUT2D eigenvalue weighted by Crippen LogP contribution is 2.48. The molecule has 0 radical (unpaired) electrons. The first-order chi connectivity index (χ1) is 13.3. The Morgan fingerprint density at radius 3 is 2.39 bits per heavy atom. The van der Waals surface area contributed by atoms with E-state index < -0.39 is 0 Å². The van der Waals surface area contributed by atoms with E-state index in [1.165, 1.54) is 17.2 Å². The van der Waals surface area contributed by atoms with Gasteiger partial charge in [0.1, 0.15) is 0 Å². The molecule has 1 saturated carbocycles. The van der Waals surface area contributed by atoms with Gasteiger partial charge in [-0.25, -0.2) is 0 Å². The molecule has 1 aliphatic carbocycles. The first-order valence-electron chi connectivity index (χ1n) is 9.80. The van der Waals surface area contributed by atoms with Crippen LogP contribution in [0.2, 0.25) is 0 Å². The average Bonchev–Trinajstić information content (AvgIpc) is 3.46. The van der Waals surface area contributed by atoms with Gasteiger partial charge in [0.05, 0.1) is 5.56 Å². The summed E-state index contributed by atoms with van der Waals surface area (Å²) in [7, 11) is 0. The SMILES string of the molecule is CC(C)(C)c1ccc(C2(CNC(=O)c3cc(=O)[nH]c4ccccc34)CC2)cc1. The first-order valence-corrected chi connectivity index (χ1v) is 9.80. The second-order valence-electron chi connectivity index (χ2n) is 8.88. The number of nitrogens with one attached hydrogen (secondary N) is 2. The van der Waals surface area contributed by atoms with E-state index >= 15 is 0 Å². The zero-order valence-electron chi connectivity index (χ0n) is 16.6. The Labute approximate surface area is 165 Å². The Hall–Kier alpha value is -2.88. The Kier molecular flexibility index (Phi) is 4.37. The first kappa shape index (κ1) is 18.5. The van der Waals surface area contributed by atoms with E-state index in [2.05, 4.69) is 55.3 Å².